The number of aromatic hydroxyl groups is 2. The molecule has 1 atom stereocenters. The van der Waals surface area contributed by atoms with E-state index in [-0.39, 0.29) is 40.9 Å². The third kappa shape index (κ3) is 5.19. The standard InChI is InChI=1S/C32H40O8/c1-15(2)10-13-32(9)29(38)20(27(37)22(30(32)39)24(34)17(5)6)14-19-26(36)21(23(33)16(3)4)25(35)18-11-12-31(7,8)40-28(18)19/h10-12,16-17,35-38H,13-14H2,1-9H3/t32-/m1/s1. The minimum absolute atomic E-state index is 0.0255. The average molecular weight is 553 g/mol. The van der Waals surface area contributed by atoms with Gasteiger partial charge in [-0.15, -0.1) is 0 Å². The quantitative estimate of drug-likeness (QED) is 0.164. The first-order chi connectivity index (χ1) is 18.4. The summed E-state index contributed by atoms with van der Waals surface area (Å²) in [6.07, 6.45) is 4.73. The summed E-state index contributed by atoms with van der Waals surface area (Å²) < 4.78 is 6.12. The second kappa shape index (κ2) is 10.6. The molecular formula is C32H40O8. The molecule has 0 fully saturated rings. The third-order valence-corrected chi connectivity index (χ3v) is 7.42. The highest BCUT2D eigenvalue weighted by atomic mass is 16.5. The predicted molar refractivity (Wildman–Crippen MR) is 153 cm³/mol. The van der Waals surface area contributed by atoms with Crippen LogP contribution in [0.4, 0.5) is 0 Å². The summed E-state index contributed by atoms with van der Waals surface area (Å²) in [4.78, 5) is 39.9. The molecule has 0 bridgehead atoms. The van der Waals surface area contributed by atoms with E-state index in [0.717, 1.165) is 5.57 Å². The molecule has 1 aromatic rings. The molecule has 0 unspecified atom stereocenters. The maximum atomic E-state index is 13.6. The molecule has 8 nitrogen and oxygen atoms in total. The maximum Gasteiger partial charge on any atom is 0.183 e. The van der Waals surface area contributed by atoms with Gasteiger partial charge in [0.2, 0.25) is 0 Å². The number of fused-ring (bicyclic) bond motifs is 1. The number of Topliss-reactive ketones (excluding diaryl/α,β-unsaturated/α-hetero) is 3. The smallest absolute Gasteiger partial charge is 0.183 e. The Kier molecular flexibility index (Phi) is 8.17. The van der Waals surface area contributed by atoms with Crippen molar-refractivity contribution in [2.75, 3.05) is 0 Å². The summed E-state index contributed by atoms with van der Waals surface area (Å²) in [7, 11) is 0. The van der Waals surface area contributed by atoms with Crippen LogP contribution in [0.25, 0.3) is 6.08 Å². The lowest BCUT2D eigenvalue weighted by atomic mass is 9.69. The number of hydrogen-bond acceptors (Lipinski definition) is 8. The van der Waals surface area contributed by atoms with Crippen LogP contribution >= 0.6 is 0 Å². The fourth-order valence-electron chi connectivity index (χ4n) is 4.86. The lowest BCUT2D eigenvalue weighted by molar-refractivity contribution is -0.128. The number of carbonyl (C=O) groups excluding carboxylic acids is 3. The molecule has 0 amide bonds. The number of hydrogen-bond donors (Lipinski definition) is 4. The minimum Gasteiger partial charge on any atom is -0.511 e. The topological polar surface area (TPSA) is 141 Å². The van der Waals surface area contributed by atoms with E-state index < -0.39 is 68.8 Å². The van der Waals surface area contributed by atoms with Gasteiger partial charge in [0.25, 0.3) is 0 Å². The van der Waals surface area contributed by atoms with E-state index >= 15 is 0 Å². The first-order valence-corrected chi connectivity index (χ1v) is 13.5. The fourth-order valence-corrected chi connectivity index (χ4v) is 4.86. The number of carbonyl (C=O) groups is 3. The van der Waals surface area contributed by atoms with E-state index in [1.54, 1.807) is 59.8 Å². The zero-order chi connectivity index (χ0) is 30.5. The van der Waals surface area contributed by atoms with Gasteiger partial charge in [-0.05, 0) is 53.2 Å². The molecule has 0 saturated carbocycles. The SMILES string of the molecule is CC(C)=CC[C@@]1(C)C(=O)C(C(=O)C(C)C)=C(O)C(Cc2c(O)c(C(=O)C(C)C)c(O)c3c2OC(C)(C)C=C3)=C1O. The van der Waals surface area contributed by atoms with Gasteiger partial charge in [-0.3, -0.25) is 14.4 Å². The summed E-state index contributed by atoms with van der Waals surface area (Å²) in [5.74, 6) is -5.04. The molecule has 3 rings (SSSR count). The number of phenolic OH excluding ortho intramolecular Hbond substituents is 2. The first-order valence-electron chi connectivity index (χ1n) is 13.5. The molecule has 0 radical (unpaired) electrons. The second-order valence-electron chi connectivity index (χ2n) is 12.2. The van der Waals surface area contributed by atoms with Crippen LogP contribution in [0.15, 0.2) is 40.4 Å². The Morgan fingerprint density at radius 2 is 1.52 bits per heavy atom. The number of aliphatic hydroxyl groups excluding tert-OH is 2. The lowest BCUT2D eigenvalue weighted by Gasteiger charge is -2.35. The third-order valence-electron chi connectivity index (χ3n) is 7.42. The van der Waals surface area contributed by atoms with E-state index in [1.165, 1.54) is 6.92 Å². The predicted octanol–water partition coefficient (Wildman–Crippen LogP) is 6.46. The van der Waals surface area contributed by atoms with Crippen LogP contribution in [0.5, 0.6) is 17.2 Å². The largest absolute Gasteiger partial charge is 0.511 e. The number of rotatable bonds is 8. The van der Waals surface area contributed by atoms with Crippen molar-refractivity contribution < 1.29 is 39.5 Å². The number of aliphatic hydroxyl groups is 2. The number of phenols is 2. The molecule has 1 aromatic carbocycles. The van der Waals surface area contributed by atoms with Crippen molar-refractivity contribution in [3.63, 3.8) is 0 Å². The van der Waals surface area contributed by atoms with Crippen LogP contribution in [0.3, 0.4) is 0 Å². The summed E-state index contributed by atoms with van der Waals surface area (Å²) >= 11 is 0. The van der Waals surface area contributed by atoms with Crippen molar-refractivity contribution >= 4 is 23.4 Å². The van der Waals surface area contributed by atoms with Crippen molar-refractivity contribution in [3.05, 3.63) is 57.1 Å². The number of allylic oxidation sites excluding steroid dienone is 5. The Morgan fingerprint density at radius 3 is 2.05 bits per heavy atom. The number of ketones is 3. The van der Waals surface area contributed by atoms with E-state index in [2.05, 4.69) is 0 Å². The minimum atomic E-state index is -1.57. The Labute approximate surface area is 235 Å². The van der Waals surface area contributed by atoms with Gasteiger partial charge < -0.3 is 25.2 Å². The van der Waals surface area contributed by atoms with E-state index in [0.29, 0.717) is 0 Å². The molecule has 1 aliphatic heterocycles. The Hall–Kier alpha value is -3.81. The molecule has 0 saturated heterocycles. The van der Waals surface area contributed by atoms with Crippen LogP contribution in [0, 0.1) is 17.3 Å². The molecule has 40 heavy (non-hydrogen) atoms. The van der Waals surface area contributed by atoms with Gasteiger partial charge in [0.15, 0.2) is 17.3 Å². The van der Waals surface area contributed by atoms with Crippen LogP contribution < -0.4 is 4.74 Å². The van der Waals surface area contributed by atoms with E-state index in [9.17, 15) is 34.8 Å². The van der Waals surface area contributed by atoms with Gasteiger partial charge in [-0.2, -0.15) is 0 Å². The van der Waals surface area contributed by atoms with Gasteiger partial charge >= 0.3 is 0 Å². The molecule has 0 spiro atoms. The van der Waals surface area contributed by atoms with Gasteiger partial charge in [-0.25, -0.2) is 0 Å². The lowest BCUT2D eigenvalue weighted by Crippen LogP contribution is -2.39. The highest BCUT2D eigenvalue weighted by Crippen LogP contribution is 2.50. The summed E-state index contributed by atoms with van der Waals surface area (Å²) in [6, 6.07) is 0. The highest BCUT2D eigenvalue weighted by Gasteiger charge is 2.48. The number of ether oxygens (including phenoxy) is 1. The van der Waals surface area contributed by atoms with Gasteiger partial charge in [0, 0.05) is 29.4 Å². The monoisotopic (exact) mass is 552 g/mol. The molecule has 8 heteroatoms. The summed E-state index contributed by atoms with van der Waals surface area (Å²) in [5.41, 5.74) is -2.20. The molecule has 1 aliphatic carbocycles. The first kappa shape index (κ1) is 30.7. The fraction of sp³-hybridized carbons (Fsp3) is 0.469. The van der Waals surface area contributed by atoms with Crippen LogP contribution in [0.1, 0.15) is 90.2 Å². The van der Waals surface area contributed by atoms with Gasteiger partial charge in [-0.1, -0.05) is 39.3 Å². The van der Waals surface area contributed by atoms with Crippen molar-refractivity contribution in [3.8, 4) is 17.2 Å². The normalized spacial score (nSPS) is 20.1. The molecule has 0 aromatic heterocycles. The van der Waals surface area contributed by atoms with Crippen molar-refractivity contribution in [1.29, 1.82) is 0 Å². The van der Waals surface area contributed by atoms with E-state index in [4.69, 9.17) is 4.74 Å². The maximum absolute atomic E-state index is 13.6. The molecule has 4 N–H and O–H groups in total. The van der Waals surface area contributed by atoms with E-state index in [1.807, 2.05) is 13.8 Å². The molecule has 1 heterocycles. The average Bonchev–Trinajstić information content (AvgIpc) is 2.85. The van der Waals surface area contributed by atoms with Crippen molar-refractivity contribution in [2.45, 2.75) is 80.8 Å². The van der Waals surface area contributed by atoms with Crippen molar-refractivity contribution in [1.82, 2.24) is 0 Å². The Morgan fingerprint density at radius 1 is 0.950 bits per heavy atom. The van der Waals surface area contributed by atoms with Crippen molar-refractivity contribution in [2.24, 2.45) is 17.3 Å². The Balaban J connectivity index is 2.40. The zero-order valence-electron chi connectivity index (χ0n) is 24.7. The molecular weight excluding hydrogens is 512 g/mol. The van der Waals surface area contributed by atoms with Crippen LogP contribution in [-0.2, 0) is 16.0 Å². The second-order valence-corrected chi connectivity index (χ2v) is 12.2. The summed E-state index contributed by atoms with van der Waals surface area (Å²) in [5, 5.41) is 45.3. The van der Waals surface area contributed by atoms with Gasteiger partial charge in [0.1, 0.15) is 45.5 Å². The van der Waals surface area contributed by atoms with Gasteiger partial charge in [0.05, 0.1) is 11.0 Å². The number of benzene rings is 1. The van der Waals surface area contributed by atoms with Crippen LogP contribution in [-0.4, -0.2) is 43.4 Å². The molecule has 216 valence electrons. The molecule has 2 aliphatic rings. The zero-order valence-corrected chi connectivity index (χ0v) is 24.7. The highest BCUT2D eigenvalue weighted by molar-refractivity contribution is 6.24. The van der Waals surface area contributed by atoms with Crippen LogP contribution in [0.2, 0.25) is 0 Å². The summed E-state index contributed by atoms with van der Waals surface area (Å²) in [6.45, 7) is 15.2. The Bertz CT molecular complexity index is 1410.